The van der Waals surface area contributed by atoms with Gasteiger partial charge in [-0.2, -0.15) is 4.31 Å². The van der Waals surface area contributed by atoms with Gasteiger partial charge in [0.15, 0.2) is 0 Å². The van der Waals surface area contributed by atoms with Crippen LogP contribution in [-0.2, 0) is 19.6 Å². The summed E-state index contributed by atoms with van der Waals surface area (Å²) in [6, 6.07) is 5.02. The van der Waals surface area contributed by atoms with E-state index in [9.17, 15) is 13.2 Å². The highest BCUT2D eigenvalue weighted by Gasteiger charge is 2.28. The van der Waals surface area contributed by atoms with E-state index in [0.717, 1.165) is 26.2 Å². The summed E-state index contributed by atoms with van der Waals surface area (Å²) in [5, 5.41) is 6.07. The maximum absolute atomic E-state index is 12.9. The van der Waals surface area contributed by atoms with Crippen molar-refractivity contribution in [1.29, 1.82) is 0 Å². The normalized spacial score (nSPS) is 20.0. The molecule has 1 amide bonds. The molecule has 0 aromatic heterocycles. The van der Waals surface area contributed by atoms with E-state index in [4.69, 9.17) is 4.74 Å². The first-order chi connectivity index (χ1) is 12.5. The fourth-order valence-corrected chi connectivity index (χ4v) is 4.81. The maximum Gasteiger partial charge on any atom is 0.243 e. The summed E-state index contributed by atoms with van der Waals surface area (Å²) < 4.78 is 32.5. The average Bonchev–Trinajstić information content (AvgIpc) is 2.64. The molecule has 0 unspecified atom stereocenters. The van der Waals surface area contributed by atoms with Crippen LogP contribution in [0.1, 0.15) is 5.56 Å². The Balaban J connectivity index is 1.71. The number of carbonyl (C=O) groups excluding carboxylic acids is 1. The van der Waals surface area contributed by atoms with Crippen molar-refractivity contribution in [2.45, 2.75) is 11.8 Å². The number of amides is 1. The fraction of sp³-hybridized carbons (Fsp3) is 0.588. The number of aryl methyl sites for hydroxylation is 1. The van der Waals surface area contributed by atoms with Crippen molar-refractivity contribution < 1.29 is 17.9 Å². The van der Waals surface area contributed by atoms with E-state index >= 15 is 0 Å². The van der Waals surface area contributed by atoms with E-state index in [2.05, 4.69) is 15.5 Å². The first-order valence-corrected chi connectivity index (χ1v) is 10.3. The van der Waals surface area contributed by atoms with Gasteiger partial charge in [0.1, 0.15) is 0 Å². The molecule has 8 nitrogen and oxygen atoms in total. The molecule has 2 fully saturated rings. The van der Waals surface area contributed by atoms with Crippen LogP contribution in [0.15, 0.2) is 23.1 Å². The number of hydrogen-bond donors (Lipinski definition) is 2. The van der Waals surface area contributed by atoms with Crippen molar-refractivity contribution in [3.05, 3.63) is 23.8 Å². The van der Waals surface area contributed by atoms with Crippen LogP contribution in [0.3, 0.4) is 0 Å². The van der Waals surface area contributed by atoms with Gasteiger partial charge in [0.25, 0.3) is 0 Å². The Labute approximate surface area is 154 Å². The molecule has 0 atom stereocenters. The van der Waals surface area contributed by atoms with Crippen molar-refractivity contribution in [3.8, 4) is 0 Å². The minimum absolute atomic E-state index is 0.134. The summed E-state index contributed by atoms with van der Waals surface area (Å²) >= 11 is 0. The van der Waals surface area contributed by atoms with Crippen LogP contribution in [0.4, 0.5) is 5.69 Å². The molecular formula is C17H26N4O4S. The Morgan fingerprint density at radius 1 is 1.19 bits per heavy atom. The molecule has 1 aromatic rings. The number of nitrogens with zero attached hydrogens (tertiary/aromatic N) is 2. The van der Waals surface area contributed by atoms with Crippen molar-refractivity contribution in [2.24, 2.45) is 0 Å². The van der Waals surface area contributed by atoms with Crippen LogP contribution in [0.25, 0.3) is 0 Å². The number of benzene rings is 1. The van der Waals surface area contributed by atoms with E-state index in [1.54, 1.807) is 25.1 Å². The zero-order valence-corrected chi connectivity index (χ0v) is 15.8. The zero-order valence-electron chi connectivity index (χ0n) is 15.0. The van der Waals surface area contributed by atoms with Crippen molar-refractivity contribution in [1.82, 2.24) is 14.5 Å². The third-order valence-corrected chi connectivity index (χ3v) is 6.68. The molecule has 144 valence electrons. The van der Waals surface area contributed by atoms with E-state index in [0.29, 0.717) is 44.1 Å². The molecule has 2 heterocycles. The molecule has 3 rings (SSSR count). The van der Waals surface area contributed by atoms with Crippen molar-refractivity contribution in [3.63, 3.8) is 0 Å². The number of piperazine rings is 1. The summed E-state index contributed by atoms with van der Waals surface area (Å²) in [5.74, 6) is -0.134. The predicted octanol–water partition coefficient (Wildman–Crippen LogP) is -0.140. The molecule has 9 heteroatoms. The van der Waals surface area contributed by atoms with E-state index in [1.807, 2.05) is 0 Å². The van der Waals surface area contributed by atoms with Crippen LogP contribution < -0.4 is 10.6 Å². The van der Waals surface area contributed by atoms with Crippen molar-refractivity contribution >= 4 is 21.6 Å². The number of morpholine rings is 1. The molecule has 1 aromatic carbocycles. The van der Waals surface area contributed by atoms with Gasteiger partial charge in [0.05, 0.1) is 24.7 Å². The summed E-state index contributed by atoms with van der Waals surface area (Å²) in [6.45, 7) is 6.98. The molecule has 0 saturated carbocycles. The van der Waals surface area contributed by atoms with Gasteiger partial charge < -0.3 is 15.4 Å². The lowest BCUT2D eigenvalue weighted by molar-refractivity contribution is -0.117. The number of anilines is 1. The second-order valence-electron chi connectivity index (χ2n) is 6.57. The molecule has 2 aliphatic rings. The Hall–Kier alpha value is -1.52. The second-order valence-corrected chi connectivity index (χ2v) is 8.48. The number of sulfonamides is 1. The summed E-state index contributed by atoms with van der Waals surface area (Å²) in [5.41, 5.74) is 1.17. The van der Waals surface area contributed by atoms with Gasteiger partial charge >= 0.3 is 0 Å². The first-order valence-electron chi connectivity index (χ1n) is 8.88. The minimum Gasteiger partial charge on any atom is -0.379 e. The molecular weight excluding hydrogens is 356 g/mol. The van der Waals surface area contributed by atoms with Gasteiger partial charge in [-0.25, -0.2) is 8.42 Å². The molecule has 0 bridgehead atoms. The highest BCUT2D eigenvalue weighted by molar-refractivity contribution is 7.89. The number of nitrogens with one attached hydrogen (secondary N) is 2. The molecule has 2 aliphatic heterocycles. The number of ether oxygens (including phenoxy) is 1. The van der Waals surface area contributed by atoms with Gasteiger partial charge in [-0.3, -0.25) is 9.69 Å². The monoisotopic (exact) mass is 382 g/mol. The number of carbonyl (C=O) groups is 1. The minimum atomic E-state index is -3.59. The van der Waals surface area contributed by atoms with Gasteiger partial charge in [0, 0.05) is 45.0 Å². The Kier molecular flexibility index (Phi) is 6.25. The lowest BCUT2D eigenvalue weighted by Crippen LogP contribution is -2.46. The van der Waals surface area contributed by atoms with Gasteiger partial charge in [0.2, 0.25) is 15.9 Å². The van der Waals surface area contributed by atoms with Crippen LogP contribution in [0.2, 0.25) is 0 Å². The number of hydrogen-bond acceptors (Lipinski definition) is 6. The molecule has 0 radical (unpaired) electrons. The topological polar surface area (TPSA) is 91.0 Å². The highest BCUT2D eigenvalue weighted by Crippen LogP contribution is 2.24. The predicted molar refractivity (Wildman–Crippen MR) is 98.7 cm³/mol. The second kappa shape index (κ2) is 8.45. The van der Waals surface area contributed by atoms with Crippen molar-refractivity contribution in [2.75, 3.05) is 64.3 Å². The summed E-state index contributed by atoms with van der Waals surface area (Å²) in [4.78, 5) is 14.6. The lowest BCUT2D eigenvalue weighted by atomic mass is 10.2. The van der Waals surface area contributed by atoms with E-state index < -0.39 is 10.0 Å². The first kappa shape index (κ1) is 19.2. The van der Waals surface area contributed by atoms with Crippen LogP contribution in [0.5, 0.6) is 0 Å². The summed E-state index contributed by atoms with van der Waals surface area (Å²) in [7, 11) is -3.59. The van der Waals surface area contributed by atoms with Crippen LogP contribution in [0, 0.1) is 6.92 Å². The van der Waals surface area contributed by atoms with Crippen LogP contribution in [-0.4, -0.2) is 82.6 Å². The van der Waals surface area contributed by atoms with E-state index in [1.165, 1.54) is 4.31 Å². The standard InChI is InChI=1S/C17H26N4O4S/c1-14-2-3-15(19-17(22)13-20-6-4-18-5-7-20)12-16(14)26(23,24)21-8-10-25-11-9-21/h2-3,12,18H,4-11,13H2,1H3,(H,19,22). The SMILES string of the molecule is Cc1ccc(NC(=O)CN2CCNCC2)cc1S(=O)(=O)N1CCOCC1. The summed E-state index contributed by atoms with van der Waals surface area (Å²) in [6.07, 6.45) is 0. The highest BCUT2D eigenvalue weighted by atomic mass is 32.2. The third kappa shape index (κ3) is 4.60. The average molecular weight is 382 g/mol. The quantitative estimate of drug-likeness (QED) is 0.737. The Morgan fingerprint density at radius 2 is 1.88 bits per heavy atom. The molecule has 0 aliphatic carbocycles. The smallest absolute Gasteiger partial charge is 0.243 e. The molecule has 2 N–H and O–H groups in total. The molecule has 2 saturated heterocycles. The lowest BCUT2D eigenvalue weighted by Gasteiger charge is -2.27. The molecule has 26 heavy (non-hydrogen) atoms. The van der Waals surface area contributed by atoms with Gasteiger partial charge in [-0.1, -0.05) is 6.07 Å². The Morgan fingerprint density at radius 3 is 2.58 bits per heavy atom. The van der Waals surface area contributed by atoms with Crippen LogP contribution >= 0.6 is 0 Å². The molecule has 0 spiro atoms. The van der Waals surface area contributed by atoms with Gasteiger partial charge in [-0.05, 0) is 24.6 Å². The largest absolute Gasteiger partial charge is 0.379 e. The maximum atomic E-state index is 12.9. The van der Waals surface area contributed by atoms with Gasteiger partial charge in [-0.15, -0.1) is 0 Å². The third-order valence-electron chi connectivity index (χ3n) is 4.64. The Bertz CT molecular complexity index is 741. The van der Waals surface area contributed by atoms with E-state index in [-0.39, 0.29) is 10.8 Å². The zero-order chi connectivity index (χ0) is 18.6. The number of rotatable bonds is 5. The fourth-order valence-electron chi connectivity index (χ4n) is 3.15.